The molecule has 0 spiro atoms. The van der Waals surface area contributed by atoms with Crippen molar-refractivity contribution in [3.05, 3.63) is 47.8 Å². The molecule has 34 heavy (non-hydrogen) atoms. The molecule has 4 rings (SSSR count). The van der Waals surface area contributed by atoms with Crippen molar-refractivity contribution in [1.29, 1.82) is 0 Å². The van der Waals surface area contributed by atoms with Crippen LogP contribution >= 0.6 is 11.3 Å². The van der Waals surface area contributed by atoms with Crippen molar-refractivity contribution in [3.8, 4) is 10.4 Å². The largest absolute Gasteiger partial charge is 0.380 e. The van der Waals surface area contributed by atoms with Gasteiger partial charge in [-0.15, -0.1) is 0 Å². The summed E-state index contributed by atoms with van der Waals surface area (Å²) in [6.45, 7) is 13.4. The number of aromatic nitrogens is 1. The first-order valence-corrected chi connectivity index (χ1v) is 13.3. The fraction of sp³-hybridized carbons (Fsp3) is 0.519. The van der Waals surface area contributed by atoms with Crippen LogP contribution in [0.3, 0.4) is 0 Å². The van der Waals surface area contributed by atoms with E-state index < -0.39 is 0 Å². The number of rotatable bonds is 6. The van der Waals surface area contributed by atoms with Crippen LogP contribution in [0.15, 0.2) is 52.1 Å². The number of anilines is 1. The number of aliphatic imine (C=N–C) groups is 2. The SMILES string of the molecule is CCC(CC)N1/C=C(/C)CN=C(c2nc(N3CCCOCC3)sc2-c2ccccc2)/C(C)=N\C1. The second-order valence-corrected chi connectivity index (χ2v) is 9.98. The Balaban J connectivity index is 1.75. The molecular formula is C27H37N5OS. The first-order chi connectivity index (χ1) is 16.6. The number of hydrogen-bond donors (Lipinski definition) is 0. The molecule has 7 heteroatoms. The minimum Gasteiger partial charge on any atom is -0.380 e. The van der Waals surface area contributed by atoms with Crippen molar-refractivity contribution >= 4 is 27.9 Å². The summed E-state index contributed by atoms with van der Waals surface area (Å²) in [5.74, 6) is 0. The van der Waals surface area contributed by atoms with Crippen LogP contribution in [0.25, 0.3) is 10.4 Å². The van der Waals surface area contributed by atoms with Gasteiger partial charge in [-0.25, -0.2) is 4.98 Å². The van der Waals surface area contributed by atoms with Gasteiger partial charge >= 0.3 is 0 Å². The van der Waals surface area contributed by atoms with Gasteiger partial charge in [0.1, 0.15) is 18.1 Å². The lowest BCUT2D eigenvalue weighted by Gasteiger charge is -2.28. The molecule has 0 unspecified atom stereocenters. The molecule has 2 aromatic rings. The summed E-state index contributed by atoms with van der Waals surface area (Å²) in [6.07, 6.45) is 5.49. The van der Waals surface area contributed by atoms with E-state index in [1.54, 1.807) is 11.3 Å². The van der Waals surface area contributed by atoms with E-state index in [4.69, 9.17) is 19.7 Å². The summed E-state index contributed by atoms with van der Waals surface area (Å²) in [5, 5.41) is 1.04. The number of hydrogen-bond acceptors (Lipinski definition) is 7. The first-order valence-electron chi connectivity index (χ1n) is 12.5. The quantitative estimate of drug-likeness (QED) is 0.537. The zero-order valence-corrected chi connectivity index (χ0v) is 21.8. The third-order valence-corrected chi connectivity index (χ3v) is 7.63. The van der Waals surface area contributed by atoms with Gasteiger partial charge in [0.2, 0.25) is 0 Å². The van der Waals surface area contributed by atoms with Crippen molar-refractivity contribution in [3.63, 3.8) is 0 Å². The molecular weight excluding hydrogens is 442 g/mol. The van der Waals surface area contributed by atoms with E-state index in [1.165, 1.54) is 11.1 Å². The van der Waals surface area contributed by atoms with Gasteiger partial charge in [0.25, 0.3) is 0 Å². The van der Waals surface area contributed by atoms with Crippen LogP contribution in [0.1, 0.15) is 52.7 Å². The molecule has 0 radical (unpaired) electrons. The Morgan fingerprint density at radius 3 is 2.59 bits per heavy atom. The molecule has 0 amide bonds. The second kappa shape index (κ2) is 11.8. The molecule has 0 aliphatic carbocycles. The Labute approximate surface area is 208 Å². The van der Waals surface area contributed by atoms with E-state index in [2.05, 4.69) is 74.0 Å². The van der Waals surface area contributed by atoms with Gasteiger partial charge in [0.05, 0.1) is 23.7 Å². The number of thiazole rings is 1. The van der Waals surface area contributed by atoms with Crippen molar-refractivity contribution in [1.82, 2.24) is 9.88 Å². The summed E-state index contributed by atoms with van der Waals surface area (Å²) in [5.41, 5.74) is 5.23. The van der Waals surface area contributed by atoms with Crippen LogP contribution in [-0.2, 0) is 4.74 Å². The third kappa shape index (κ3) is 5.76. The fourth-order valence-electron chi connectivity index (χ4n) is 4.50. The second-order valence-electron chi connectivity index (χ2n) is 9.00. The summed E-state index contributed by atoms with van der Waals surface area (Å²) in [7, 11) is 0. The highest BCUT2D eigenvalue weighted by atomic mass is 32.1. The minimum atomic E-state index is 0.490. The third-order valence-electron chi connectivity index (χ3n) is 6.47. The predicted molar refractivity (Wildman–Crippen MR) is 145 cm³/mol. The van der Waals surface area contributed by atoms with Gasteiger partial charge in [0.15, 0.2) is 5.13 Å². The van der Waals surface area contributed by atoms with Crippen LogP contribution in [0.2, 0.25) is 0 Å². The lowest BCUT2D eigenvalue weighted by atomic mass is 10.1. The lowest BCUT2D eigenvalue weighted by molar-refractivity contribution is 0.152. The first kappa shape index (κ1) is 24.6. The normalized spacial score (nSPS) is 21.0. The zero-order chi connectivity index (χ0) is 23.9. The molecule has 0 N–H and O–H groups in total. The fourth-order valence-corrected chi connectivity index (χ4v) is 5.62. The van der Waals surface area contributed by atoms with Crippen molar-refractivity contribution in [2.24, 2.45) is 9.98 Å². The lowest BCUT2D eigenvalue weighted by Crippen LogP contribution is -2.31. The highest BCUT2D eigenvalue weighted by Crippen LogP contribution is 2.36. The molecule has 2 aliphatic rings. The summed E-state index contributed by atoms with van der Waals surface area (Å²) in [6, 6.07) is 11.0. The van der Waals surface area contributed by atoms with E-state index in [0.29, 0.717) is 19.3 Å². The maximum atomic E-state index is 5.69. The molecule has 1 fully saturated rings. The molecule has 0 bridgehead atoms. The van der Waals surface area contributed by atoms with Crippen LogP contribution in [0.4, 0.5) is 5.13 Å². The number of ether oxygens (including phenoxy) is 1. The Bertz CT molecular complexity index is 1030. The molecule has 1 aromatic heterocycles. The van der Waals surface area contributed by atoms with E-state index in [0.717, 1.165) is 72.7 Å². The van der Waals surface area contributed by atoms with Gasteiger partial charge in [-0.05, 0) is 44.2 Å². The smallest absolute Gasteiger partial charge is 0.186 e. The Kier molecular flexibility index (Phi) is 8.51. The highest BCUT2D eigenvalue weighted by Gasteiger charge is 2.24. The minimum absolute atomic E-state index is 0.490. The molecule has 1 saturated heterocycles. The Morgan fingerprint density at radius 2 is 1.82 bits per heavy atom. The summed E-state index contributed by atoms with van der Waals surface area (Å²) >= 11 is 1.75. The van der Waals surface area contributed by atoms with E-state index in [-0.39, 0.29) is 0 Å². The maximum absolute atomic E-state index is 5.69. The monoisotopic (exact) mass is 479 g/mol. The molecule has 6 nitrogen and oxygen atoms in total. The van der Waals surface area contributed by atoms with Gasteiger partial charge in [-0.3, -0.25) is 9.98 Å². The van der Waals surface area contributed by atoms with E-state index in [9.17, 15) is 0 Å². The van der Waals surface area contributed by atoms with Crippen LogP contribution in [0.5, 0.6) is 0 Å². The summed E-state index contributed by atoms with van der Waals surface area (Å²) < 4.78 is 5.69. The van der Waals surface area contributed by atoms with Gasteiger partial charge < -0.3 is 14.5 Å². The van der Waals surface area contributed by atoms with Crippen LogP contribution in [0, 0.1) is 0 Å². The highest BCUT2D eigenvalue weighted by molar-refractivity contribution is 7.19. The molecule has 0 atom stereocenters. The standard InChI is InChI=1S/C27H37N5OS/c1-5-23(6-2)32-18-20(3)17-28-24(21(4)29-19-32)25-26(22-11-8-7-9-12-22)34-27(30-25)31-13-10-15-33-16-14-31/h7-9,11-12,18,23H,5-6,10,13-17,19H2,1-4H3/b20-18-,28-24?,29-21-. The van der Waals surface area contributed by atoms with Gasteiger partial charge in [0, 0.05) is 31.9 Å². The maximum Gasteiger partial charge on any atom is 0.186 e. The Hall–Kier alpha value is -2.51. The number of nitrogens with zero attached hydrogens (tertiary/aromatic N) is 5. The molecule has 0 saturated carbocycles. The zero-order valence-electron chi connectivity index (χ0n) is 21.0. The van der Waals surface area contributed by atoms with Crippen molar-refractivity contribution in [2.45, 2.75) is 53.0 Å². The van der Waals surface area contributed by atoms with E-state index in [1.807, 2.05) is 0 Å². The average molecular weight is 480 g/mol. The van der Waals surface area contributed by atoms with Crippen molar-refractivity contribution < 1.29 is 4.74 Å². The molecule has 2 aliphatic heterocycles. The van der Waals surface area contributed by atoms with Crippen LogP contribution in [-0.4, -0.2) is 66.9 Å². The van der Waals surface area contributed by atoms with E-state index >= 15 is 0 Å². The average Bonchev–Trinajstić information content (AvgIpc) is 3.13. The topological polar surface area (TPSA) is 53.3 Å². The van der Waals surface area contributed by atoms with Crippen LogP contribution < -0.4 is 4.90 Å². The number of benzene rings is 1. The molecule has 1 aromatic carbocycles. The summed E-state index contributed by atoms with van der Waals surface area (Å²) in [4.78, 5) is 21.2. The van der Waals surface area contributed by atoms with Gasteiger partial charge in [-0.2, -0.15) is 0 Å². The van der Waals surface area contributed by atoms with Gasteiger partial charge in [-0.1, -0.05) is 55.5 Å². The molecule has 3 heterocycles. The Morgan fingerprint density at radius 1 is 1.03 bits per heavy atom. The van der Waals surface area contributed by atoms with Crippen molar-refractivity contribution in [2.75, 3.05) is 44.4 Å². The predicted octanol–water partition coefficient (Wildman–Crippen LogP) is 5.65. The molecule has 182 valence electrons.